The molecule has 0 radical (unpaired) electrons. The van der Waals surface area contributed by atoms with Gasteiger partial charge in [-0.15, -0.1) is 0 Å². The number of esters is 1. The van der Waals surface area contributed by atoms with E-state index in [1.165, 1.54) is 28.6 Å². The largest absolute Gasteiger partial charge is 0.449 e. The van der Waals surface area contributed by atoms with Gasteiger partial charge in [0.2, 0.25) is 10.0 Å². The number of sulfonamides is 1. The molecule has 3 rings (SSSR count). The average molecular weight is 465 g/mol. The number of rotatable bonds is 7. The Hall–Kier alpha value is -1.93. The van der Waals surface area contributed by atoms with E-state index in [-0.39, 0.29) is 28.4 Å². The summed E-state index contributed by atoms with van der Waals surface area (Å²) >= 11 is 0. The molecule has 178 valence electrons. The SMILES string of the molecule is CCC1CCCCN1C(=O)C(C)OC(=O)c1ccc(S(=O)(=O)N(C)C2CCCCC2)cc1. The van der Waals surface area contributed by atoms with Crippen molar-refractivity contribution >= 4 is 21.9 Å². The summed E-state index contributed by atoms with van der Waals surface area (Å²) in [5, 5.41) is 0. The van der Waals surface area contributed by atoms with Gasteiger partial charge in [-0.3, -0.25) is 4.79 Å². The predicted molar refractivity (Wildman–Crippen MR) is 123 cm³/mol. The molecule has 2 fully saturated rings. The Morgan fingerprint density at radius 2 is 1.69 bits per heavy atom. The molecule has 7 nitrogen and oxygen atoms in total. The van der Waals surface area contributed by atoms with Crippen LogP contribution in [0, 0.1) is 0 Å². The molecule has 32 heavy (non-hydrogen) atoms. The zero-order chi connectivity index (χ0) is 23.3. The minimum absolute atomic E-state index is 0.0204. The van der Waals surface area contributed by atoms with Gasteiger partial charge in [0.15, 0.2) is 6.10 Å². The molecule has 2 unspecified atom stereocenters. The van der Waals surface area contributed by atoms with Gasteiger partial charge in [0, 0.05) is 25.7 Å². The van der Waals surface area contributed by atoms with Crippen LogP contribution < -0.4 is 0 Å². The summed E-state index contributed by atoms with van der Waals surface area (Å²) in [6.45, 7) is 4.36. The third-order valence-electron chi connectivity index (χ3n) is 6.87. The molecular formula is C24H36N2O5S. The molecule has 1 saturated heterocycles. The number of nitrogens with zero attached hydrogens (tertiary/aromatic N) is 2. The van der Waals surface area contributed by atoms with Gasteiger partial charge in [0.05, 0.1) is 10.5 Å². The quantitative estimate of drug-likeness (QED) is 0.570. The van der Waals surface area contributed by atoms with Crippen molar-refractivity contribution in [1.82, 2.24) is 9.21 Å². The number of hydrogen-bond donors (Lipinski definition) is 0. The number of piperidine rings is 1. The van der Waals surface area contributed by atoms with Crippen molar-refractivity contribution < 1.29 is 22.7 Å². The van der Waals surface area contributed by atoms with Gasteiger partial charge in [-0.2, -0.15) is 4.31 Å². The molecule has 0 aromatic heterocycles. The number of hydrogen-bond acceptors (Lipinski definition) is 5. The minimum Gasteiger partial charge on any atom is -0.449 e. The van der Waals surface area contributed by atoms with Gasteiger partial charge in [0.1, 0.15) is 0 Å². The summed E-state index contributed by atoms with van der Waals surface area (Å²) in [4.78, 5) is 27.4. The van der Waals surface area contributed by atoms with Crippen molar-refractivity contribution in [2.45, 2.75) is 94.7 Å². The minimum atomic E-state index is -3.62. The zero-order valence-corrected chi connectivity index (χ0v) is 20.3. The van der Waals surface area contributed by atoms with Crippen molar-refractivity contribution in [3.05, 3.63) is 29.8 Å². The van der Waals surface area contributed by atoms with Crippen LogP contribution in [0.3, 0.4) is 0 Å². The number of carbonyl (C=O) groups is 2. The molecule has 1 saturated carbocycles. The fraction of sp³-hybridized carbons (Fsp3) is 0.667. The van der Waals surface area contributed by atoms with Crippen LogP contribution in [0.4, 0.5) is 0 Å². The summed E-state index contributed by atoms with van der Waals surface area (Å²) in [6.07, 6.45) is 8.06. The molecule has 1 aromatic carbocycles. The molecule has 1 aromatic rings. The first kappa shape index (κ1) is 24.7. The van der Waals surface area contributed by atoms with Crippen LogP contribution in [0.1, 0.15) is 82.0 Å². The highest BCUT2D eigenvalue weighted by atomic mass is 32.2. The van der Waals surface area contributed by atoms with Crippen LogP contribution in [0.2, 0.25) is 0 Å². The van der Waals surface area contributed by atoms with Crippen LogP contribution in [-0.2, 0) is 19.6 Å². The second-order valence-corrected chi connectivity index (χ2v) is 11.0. The van der Waals surface area contributed by atoms with Gasteiger partial charge < -0.3 is 9.64 Å². The molecule has 0 spiro atoms. The lowest BCUT2D eigenvalue weighted by Gasteiger charge is -2.36. The molecule has 1 heterocycles. The van der Waals surface area contributed by atoms with Crippen LogP contribution in [0.25, 0.3) is 0 Å². The van der Waals surface area contributed by atoms with Crippen LogP contribution in [0.5, 0.6) is 0 Å². The summed E-state index contributed by atoms with van der Waals surface area (Å²) < 4.78 is 32.8. The fourth-order valence-electron chi connectivity index (χ4n) is 4.80. The van der Waals surface area contributed by atoms with Crippen molar-refractivity contribution in [2.24, 2.45) is 0 Å². The Balaban J connectivity index is 1.63. The monoisotopic (exact) mass is 464 g/mol. The highest BCUT2D eigenvalue weighted by Crippen LogP contribution is 2.27. The van der Waals surface area contributed by atoms with E-state index < -0.39 is 22.1 Å². The summed E-state index contributed by atoms with van der Waals surface area (Å²) in [7, 11) is -1.99. The normalized spacial score (nSPS) is 21.4. The third kappa shape index (κ3) is 5.52. The molecule has 2 atom stereocenters. The van der Waals surface area contributed by atoms with E-state index in [2.05, 4.69) is 6.92 Å². The molecule has 1 amide bonds. The third-order valence-corrected chi connectivity index (χ3v) is 8.79. The van der Waals surface area contributed by atoms with Gasteiger partial charge in [-0.1, -0.05) is 26.2 Å². The second kappa shape index (κ2) is 10.8. The molecule has 2 aliphatic rings. The van der Waals surface area contributed by atoms with E-state index >= 15 is 0 Å². The number of benzene rings is 1. The molecule has 1 aliphatic carbocycles. The second-order valence-electron chi connectivity index (χ2n) is 8.97. The first-order valence-electron chi connectivity index (χ1n) is 11.8. The Labute approximate surface area is 192 Å². The number of likely N-dealkylation sites (tertiary alicyclic amines) is 1. The smallest absolute Gasteiger partial charge is 0.338 e. The van der Waals surface area contributed by atoms with Crippen molar-refractivity contribution in [3.63, 3.8) is 0 Å². The summed E-state index contributed by atoms with van der Waals surface area (Å²) in [5.74, 6) is -0.793. The average Bonchev–Trinajstić information content (AvgIpc) is 2.83. The lowest BCUT2D eigenvalue weighted by Crippen LogP contribution is -2.48. The van der Waals surface area contributed by atoms with Gasteiger partial charge in [-0.25, -0.2) is 13.2 Å². The van der Waals surface area contributed by atoms with Crippen LogP contribution in [-0.4, -0.2) is 61.3 Å². The van der Waals surface area contributed by atoms with E-state index in [0.717, 1.165) is 57.8 Å². The number of amides is 1. The molecule has 8 heteroatoms. The molecule has 0 bridgehead atoms. The maximum absolute atomic E-state index is 13.0. The topological polar surface area (TPSA) is 84.0 Å². The van der Waals surface area contributed by atoms with E-state index in [9.17, 15) is 18.0 Å². The number of ether oxygens (including phenoxy) is 1. The Morgan fingerprint density at radius 3 is 2.31 bits per heavy atom. The fourth-order valence-corrected chi connectivity index (χ4v) is 6.21. The first-order valence-corrected chi connectivity index (χ1v) is 13.3. The van der Waals surface area contributed by atoms with Gasteiger partial charge in [-0.05, 0) is 69.7 Å². The predicted octanol–water partition coefficient (Wildman–Crippen LogP) is 3.98. The zero-order valence-electron chi connectivity index (χ0n) is 19.5. The van der Waals surface area contributed by atoms with Crippen LogP contribution >= 0.6 is 0 Å². The molecule has 0 N–H and O–H groups in total. The standard InChI is InChI=1S/C24H36N2O5S/c1-4-20-10-8-9-17-26(20)23(27)18(2)31-24(28)19-13-15-22(16-14-19)32(29,30)25(3)21-11-6-5-7-12-21/h13-16,18,20-21H,4-12,17H2,1-3H3. The van der Waals surface area contributed by atoms with Gasteiger partial charge >= 0.3 is 5.97 Å². The van der Waals surface area contributed by atoms with E-state index in [4.69, 9.17) is 4.74 Å². The van der Waals surface area contributed by atoms with E-state index in [1.54, 1.807) is 14.0 Å². The van der Waals surface area contributed by atoms with E-state index in [0.29, 0.717) is 6.54 Å². The van der Waals surface area contributed by atoms with Crippen molar-refractivity contribution in [1.29, 1.82) is 0 Å². The van der Waals surface area contributed by atoms with Crippen molar-refractivity contribution in [2.75, 3.05) is 13.6 Å². The van der Waals surface area contributed by atoms with E-state index in [1.807, 2.05) is 4.90 Å². The number of carbonyl (C=O) groups excluding carboxylic acids is 2. The Bertz CT molecular complexity index is 893. The lowest BCUT2D eigenvalue weighted by atomic mass is 9.96. The summed E-state index contributed by atoms with van der Waals surface area (Å²) in [6, 6.07) is 6.01. The maximum Gasteiger partial charge on any atom is 0.338 e. The maximum atomic E-state index is 13.0. The highest BCUT2D eigenvalue weighted by molar-refractivity contribution is 7.89. The Kier molecular flexibility index (Phi) is 8.33. The van der Waals surface area contributed by atoms with Crippen molar-refractivity contribution in [3.8, 4) is 0 Å². The highest BCUT2D eigenvalue weighted by Gasteiger charge is 2.31. The molecular weight excluding hydrogens is 428 g/mol. The summed E-state index contributed by atoms with van der Waals surface area (Å²) in [5.41, 5.74) is 0.231. The molecule has 1 aliphatic heterocycles. The van der Waals surface area contributed by atoms with Crippen LogP contribution in [0.15, 0.2) is 29.2 Å². The lowest BCUT2D eigenvalue weighted by molar-refractivity contribution is -0.143. The first-order chi connectivity index (χ1) is 15.3. The Morgan fingerprint density at radius 1 is 1.06 bits per heavy atom. The van der Waals surface area contributed by atoms with Gasteiger partial charge in [0.25, 0.3) is 5.91 Å².